The van der Waals surface area contributed by atoms with E-state index in [9.17, 15) is 14.4 Å². The Morgan fingerprint density at radius 2 is 1.29 bits per heavy atom. The van der Waals surface area contributed by atoms with Gasteiger partial charge >= 0.3 is 12.1 Å². The Morgan fingerprint density at radius 1 is 0.714 bits per heavy atom. The maximum Gasteiger partial charge on any atom is 0.408 e. The van der Waals surface area contributed by atoms with Crippen LogP contribution in [0.1, 0.15) is 57.7 Å². The molecule has 0 unspecified atom stereocenters. The monoisotopic (exact) mass is 574 g/mol. The van der Waals surface area contributed by atoms with Crippen molar-refractivity contribution in [3.63, 3.8) is 0 Å². The van der Waals surface area contributed by atoms with Crippen molar-refractivity contribution in [3.05, 3.63) is 102 Å². The van der Waals surface area contributed by atoms with E-state index in [1.807, 2.05) is 98.8 Å². The maximum atomic E-state index is 13.5. The molecule has 42 heavy (non-hydrogen) atoms. The van der Waals surface area contributed by atoms with E-state index in [0.717, 1.165) is 16.7 Å². The lowest BCUT2D eigenvalue weighted by Gasteiger charge is -2.25. The van der Waals surface area contributed by atoms with Crippen LogP contribution in [-0.4, -0.2) is 35.7 Å². The van der Waals surface area contributed by atoms with Gasteiger partial charge in [-0.05, 0) is 61.9 Å². The van der Waals surface area contributed by atoms with Crippen LogP contribution in [0.3, 0.4) is 0 Å². The van der Waals surface area contributed by atoms with E-state index < -0.39 is 35.7 Å². The largest absolute Gasteiger partial charge is 0.489 e. The Morgan fingerprint density at radius 3 is 1.83 bits per heavy atom. The molecule has 0 saturated heterocycles. The fourth-order valence-corrected chi connectivity index (χ4v) is 4.14. The zero-order valence-corrected chi connectivity index (χ0v) is 25.1. The van der Waals surface area contributed by atoms with E-state index in [1.54, 1.807) is 20.8 Å². The highest BCUT2D eigenvalue weighted by atomic mass is 16.6. The lowest BCUT2D eigenvalue weighted by atomic mass is 10.0. The summed E-state index contributed by atoms with van der Waals surface area (Å²) in [5.41, 5.74) is 1.95. The molecule has 0 bridgehead atoms. The molecule has 8 nitrogen and oxygen atoms in total. The lowest BCUT2D eigenvalue weighted by Crippen LogP contribution is -2.53. The van der Waals surface area contributed by atoms with Crippen molar-refractivity contribution in [2.75, 3.05) is 0 Å². The highest BCUT2D eigenvalue weighted by Gasteiger charge is 2.30. The maximum absolute atomic E-state index is 13.5. The zero-order chi connectivity index (χ0) is 30.5. The predicted octanol–water partition coefficient (Wildman–Crippen LogP) is 5.98. The molecule has 0 aromatic heterocycles. The second kappa shape index (κ2) is 15.6. The number of hydrogen-bond acceptors (Lipinski definition) is 6. The average Bonchev–Trinajstić information content (AvgIpc) is 2.94. The third-order valence-corrected chi connectivity index (χ3v) is 6.15. The van der Waals surface area contributed by atoms with Crippen LogP contribution in [0.15, 0.2) is 84.9 Å². The minimum atomic E-state index is -0.993. The van der Waals surface area contributed by atoms with Crippen LogP contribution in [-0.2, 0) is 38.7 Å². The van der Waals surface area contributed by atoms with Gasteiger partial charge in [-0.3, -0.25) is 4.79 Å². The van der Waals surface area contributed by atoms with Crippen molar-refractivity contribution in [3.8, 4) is 5.75 Å². The summed E-state index contributed by atoms with van der Waals surface area (Å²) in [5, 5.41) is 5.50. The quantitative estimate of drug-likeness (QED) is 0.244. The fourth-order valence-electron chi connectivity index (χ4n) is 4.14. The Hall–Kier alpha value is -4.33. The van der Waals surface area contributed by atoms with Crippen molar-refractivity contribution in [1.82, 2.24) is 10.6 Å². The number of ether oxygens (including phenoxy) is 3. The first kappa shape index (κ1) is 32.2. The van der Waals surface area contributed by atoms with E-state index in [0.29, 0.717) is 18.8 Å². The standard InChI is InChI=1S/C34H42N2O6/c1-24(2)20-30(32(38)41-23-27-14-10-7-11-15-27)35-31(37)29(36-33(39)42-34(3,4)5)21-25-16-18-28(19-17-25)40-22-26-12-8-6-9-13-26/h6-19,24,29-30H,20-23H2,1-5H3,(H,35,37)(H,36,39)/t29-,30-/m0/s1. The van der Waals surface area contributed by atoms with Gasteiger partial charge in [-0.2, -0.15) is 0 Å². The smallest absolute Gasteiger partial charge is 0.408 e. The number of rotatable bonds is 13. The van der Waals surface area contributed by atoms with Crippen molar-refractivity contribution < 1.29 is 28.6 Å². The van der Waals surface area contributed by atoms with Crippen LogP contribution in [0.25, 0.3) is 0 Å². The molecule has 0 fully saturated rings. The first-order valence-corrected chi connectivity index (χ1v) is 14.2. The van der Waals surface area contributed by atoms with Gasteiger partial charge in [-0.25, -0.2) is 9.59 Å². The van der Waals surface area contributed by atoms with Gasteiger partial charge in [0.15, 0.2) is 0 Å². The third-order valence-electron chi connectivity index (χ3n) is 6.15. The Kier molecular flexibility index (Phi) is 12.0. The summed E-state index contributed by atoms with van der Waals surface area (Å²) in [4.78, 5) is 39.2. The molecule has 0 radical (unpaired) electrons. The molecule has 8 heteroatoms. The van der Waals surface area contributed by atoms with Gasteiger partial charge in [-0.15, -0.1) is 0 Å². The van der Waals surface area contributed by atoms with E-state index in [2.05, 4.69) is 10.6 Å². The molecule has 2 amide bonds. The van der Waals surface area contributed by atoms with E-state index >= 15 is 0 Å². The molecule has 2 N–H and O–H groups in total. The minimum absolute atomic E-state index is 0.0996. The predicted molar refractivity (Wildman–Crippen MR) is 162 cm³/mol. The summed E-state index contributed by atoms with van der Waals surface area (Å²) in [6, 6.07) is 24.7. The van der Waals surface area contributed by atoms with Gasteiger partial charge < -0.3 is 24.8 Å². The first-order valence-electron chi connectivity index (χ1n) is 14.2. The fraction of sp³-hybridized carbons (Fsp3) is 0.382. The van der Waals surface area contributed by atoms with Crippen molar-refractivity contribution >= 4 is 18.0 Å². The highest BCUT2D eigenvalue weighted by Crippen LogP contribution is 2.17. The van der Waals surface area contributed by atoms with Gasteiger partial charge in [0.25, 0.3) is 0 Å². The molecule has 0 heterocycles. The van der Waals surface area contributed by atoms with Gasteiger partial charge in [0.1, 0.15) is 36.6 Å². The number of hydrogen-bond donors (Lipinski definition) is 2. The summed E-state index contributed by atoms with van der Waals surface area (Å²) >= 11 is 0. The Balaban J connectivity index is 1.70. The molecule has 0 aliphatic carbocycles. The van der Waals surface area contributed by atoms with Crippen LogP contribution in [0.5, 0.6) is 5.75 Å². The van der Waals surface area contributed by atoms with Crippen LogP contribution >= 0.6 is 0 Å². The number of amides is 2. The summed E-state index contributed by atoms with van der Waals surface area (Å²) < 4.78 is 16.8. The Labute approximate surface area is 248 Å². The molecule has 0 aliphatic heterocycles. The number of carbonyl (C=O) groups excluding carboxylic acids is 3. The number of alkyl carbamates (subject to hydrolysis) is 1. The van der Waals surface area contributed by atoms with Crippen LogP contribution in [0.2, 0.25) is 0 Å². The minimum Gasteiger partial charge on any atom is -0.489 e. The molecule has 3 rings (SSSR count). The van der Waals surface area contributed by atoms with Gasteiger partial charge in [-0.1, -0.05) is 86.6 Å². The van der Waals surface area contributed by atoms with Gasteiger partial charge in [0.05, 0.1) is 0 Å². The number of benzene rings is 3. The first-order chi connectivity index (χ1) is 20.0. The molecular formula is C34H42N2O6. The summed E-state index contributed by atoms with van der Waals surface area (Å²) in [7, 11) is 0. The molecule has 3 aromatic carbocycles. The summed E-state index contributed by atoms with van der Waals surface area (Å²) in [5.74, 6) is -0.244. The van der Waals surface area contributed by atoms with Crippen molar-refractivity contribution in [2.24, 2.45) is 5.92 Å². The van der Waals surface area contributed by atoms with E-state index in [1.165, 1.54) is 0 Å². The topological polar surface area (TPSA) is 103 Å². The molecule has 224 valence electrons. The normalized spacial score (nSPS) is 12.6. The van der Waals surface area contributed by atoms with Crippen LogP contribution < -0.4 is 15.4 Å². The van der Waals surface area contributed by atoms with Crippen LogP contribution in [0, 0.1) is 5.92 Å². The second-order valence-electron chi connectivity index (χ2n) is 11.6. The third kappa shape index (κ3) is 11.6. The zero-order valence-electron chi connectivity index (χ0n) is 25.1. The SMILES string of the molecule is CC(C)C[C@H](NC(=O)[C@H](Cc1ccc(OCc2ccccc2)cc1)NC(=O)OC(C)(C)C)C(=O)OCc1ccccc1. The number of carbonyl (C=O) groups is 3. The second-order valence-corrected chi connectivity index (χ2v) is 11.6. The van der Waals surface area contributed by atoms with Gasteiger partial charge in [0, 0.05) is 6.42 Å². The van der Waals surface area contributed by atoms with Crippen molar-refractivity contribution in [1.29, 1.82) is 0 Å². The lowest BCUT2D eigenvalue weighted by molar-refractivity contribution is -0.149. The van der Waals surface area contributed by atoms with E-state index in [4.69, 9.17) is 14.2 Å². The molecule has 0 spiro atoms. The summed E-state index contributed by atoms with van der Waals surface area (Å²) in [6.07, 6.45) is -0.166. The molecular weight excluding hydrogens is 532 g/mol. The average molecular weight is 575 g/mol. The van der Waals surface area contributed by atoms with Crippen molar-refractivity contribution in [2.45, 2.75) is 78.4 Å². The number of esters is 1. The van der Waals surface area contributed by atoms with Gasteiger partial charge in [0.2, 0.25) is 5.91 Å². The van der Waals surface area contributed by atoms with Crippen LogP contribution in [0.4, 0.5) is 4.79 Å². The number of nitrogens with one attached hydrogen (secondary N) is 2. The molecule has 0 aliphatic rings. The summed E-state index contributed by atoms with van der Waals surface area (Å²) in [6.45, 7) is 9.69. The molecule has 0 saturated carbocycles. The highest BCUT2D eigenvalue weighted by molar-refractivity contribution is 5.90. The van der Waals surface area contributed by atoms with E-state index in [-0.39, 0.29) is 18.9 Å². The molecule has 2 atom stereocenters. The Bertz CT molecular complexity index is 1270. The molecule has 3 aromatic rings.